The van der Waals surface area contributed by atoms with E-state index in [0.717, 1.165) is 6.42 Å². The van der Waals surface area contributed by atoms with E-state index in [4.69, 9.17) is 0 Å². The van der Waals surface area contributed by atoms with Crippen LogP contribution < -0.4 is 0 Å². The van der Waals surface area contributed by atoms with Crippen molar-refractivity contribution in [2.75, 3.05) is 0 Å². The molecule has 0 N–H and O–H groups in total. The smallest absolute Gasteiger partial charge is 0.344 e. The molecule has 0 heterocycles. The first-order valence-electron chi connectivity index (χ1n) is 3.12. The first-order chi connectivity index (χ1) is 4.41. The number of benzene rings is 1. The van der Waals surface area contributed by atoms with Crippen LogP contribution >= 0.6 is 0 Å². The molecule has 0 amide bonds. The van der Waals surface area contributed by atoms with E-state index >= 15 is 0 Å². The van der Waals surface area contributed by atoms with Gasteiger partial charge in [0.1, 0.15) is 0 Å². The minimum absolute atomic E-state index is 0. The summed E-state index contributed by atoms with van der Waals surface area (Å²) in [6.07, 6.45) is 1.00. The van der Waals surface area contributed by atoms with Crippen LogP contribution in [0.1, 0.15) is 13.3 Å². The third kappa shape index (κ3) is 10.9. The second-order valence-electron chi connectivity index (χ2n) is 1.58. The summed E-state index contributed by atoms with van der Waals surface area (Å²) in [6.45, 7) is 5.50. The Morgan fingerprint density at radius 2 is 1.60 bits per heavy atom. The molecule has 0 fully saturated rings. The molecule has 1 aromatic carbocycles. The van der Waals surface area contributed by atoms with Crippen LogP contribution in [-0.2, 0) is 0 Å². The zero-order chi connectivity index (χ0) is 6.95. The maximum atomic E-state index is 3.49. The minimum Gasteiger partial charge on any atom is -0.344 e. The summed E-state index contributed by atoms with van der Waals surface area (Å²) in [5.74, 6) is 0. The summed E-state index contributed by atoms with van der Waals surface area (Å²) in [7, 11) is 0. The van der Waals surface area contributed by atoms with Gasteiger partial charge < -0.3 is 6.92 Å². The Labute approximate surface area is 79.8 Å². The second kappa shape index (κ2) is 11.7. The van der Waals surface area contributed by atoms with E-state index < -0.39 is 0 Å². The Hall–Kier alpha value is -0.0138. The normalized spacial score (nSPS) is 6.60. The SMILES string of the molecule is [CH2-]CC.[Mg+2].[c-]1ccccc1. The number of hydrogen-bond donors (Lipinski definition) is 0. The molecular weight excluding hydrogens is 132 g/mol. The van der Waals surface area contributed by atoms with Crippen molar-refractivity contribution in [3.8, 4) is 0 Å². The molecule has 1 heteroatoms. The van der Waals surface area contributed by atoms with E-state index in [-0.39, 0.29) is 23.1 Å². The van der Waals surface area contributed by atoms with Crippen molar-refractivity contribution >= 4 is 23.1 Å². The topological polar surface area (TPSA) is 0 Å². The largest absolute Gasteiger partial charge is 2.00 e. The maximum Gasteiger partial charge on any atom is 2.00 e. The van der Waals surface area contributed by atoms with Crippen molar-refractivity contribution in [3.05, 3.63) is 43.3 Å². The number of rotatable bonds is 0. The predicted molar refractivity (Wildman–Crippen MR) is 46.7 cm³/mol. The van der Waals surface area contributed by atoms with Gasteiger partial charge in [0.2, 0.25) is 0 Å². The van der Waals surface area contributed by atoms with Gasteiger partial charge in [-0.05, 0) is 0 Å². The van der Waals surface area contributed by atoms with E-state index in [2.05, 4.69) is 13.0 Å². The van der Waals surface area contributed by atoms with Crippen LogP contribution in [0.15, 0.2) is 30.3 Å². The zero-order valence-corrected chi connectivity index (χ0v) is 7.92. The van der Waals surface area contributed by atoms with Crippen molar-refractivity contribution in [2.24, 2.45) is 0 Å². The molecule has 0 aliphatic rings. The van der Waals surface area contributed by atoms with Gasteiger partial charge in [0.05, 0.1) is 0 Å². The van der Waals surface area contributed by atoms with Crippen LogP contribution in [0.2, 0.25) is 0 Å². The molecule has 0 unspecified atom stereocenters. The standard InChI is InChI=1S/C6H5.C3H7.Mg/c1-2-4-6-5-3-1;1-3-2;/h1-5H;1,3H2,2H3;/q2*-1;+2. The fourth-order valence-corrected chi connectivity index (χ4v) is 0.342. The summed E-state index contributed by atoms with van der Waals surface area (Å²) in [5.41, 5.74) is 0. The van der Waals surface area contributed by atoms with E-state index in [1.807, 2.05) is 37.3 Å². The molecule has 0 aliphatic heterocycles. The molecule has 0 saturated carbocycles. The molecule has 0 atom stereocenters. The minimum atomic E-state index is 0. The van der Waals surface area contributed by atoms with Gasteiger partial charge in [0.15, 0.2) is 0 Å². The van der Waals surface area contributed by atoms with Gasteiger partial charge in [-0.15, -0.1) is 0 Å². The molecule has 0 radical (unpaired) electrons. The molecule has 0 aliphatic carbocycles. The molecule has 1 rings (SSSR count). The molecular formula is C9H12Mg. The van der Waals surface area contributed by atoms with E-state index in [1.165, 1.54) is 0 Å². The van der Waals surface area contributed by atoms with Gasteiger partial charge in [-0.1, -0.05) is 6.92 Å². The van der Waals surface area contributed by atoms with Gasteiger partial charge in [0.25, 0.3) is 0 Å². The van der Waals surface area contributed by atoms with Crippen LogP contribution in [-0.4, -0.2) is 23.1 Å². The molecule has 0 bridgehead atoms. The summed E-state index contributed by atoms with van der Waals surface area (Å²) in [4.78, 5) is 0. The number of hydrogen-bond acceptors (Lipinski definition) is 0. The Bertz CT molecular complexity index is 87.6. The van der Waals surface area contributed by atoms with Gasteiger partial charge in [-0.2, -0.15) is 42.8 Å². The van der Waals surface area contributed by atoms with Gasteiger partial charge in [-0.25, -0.2) is 0 Å². The average molecular weight is 144 g/mol. The van der Waals surface area contributed by atoms with E-state index in [1.54, 1.807) is 0 Å². The monoisotopic (exact) mass is 144 g/mol. The van der Waals surface area contributed by atoms with E-state index in [9.17, 15) is 0 Å². The van der Waals surface area contributed by atoms with Crippen LogP contribution in [0.4, 0.5) is 0 Å². The summed E-state index contributed by atoms with van der Waals surface area (Å²) < 4.78 is 0. The third-order valence-electron chi connectivity index (χ3n) is 0.607. The van der Waals surface area contributed by atoms with Crippen LogP contribution in [0.5, 0.6) is 0 Å². The summed E-state index contributed by atoms with van der Waals surface area (Å²) in [5, 5.41) is 0. The molecule has 10 heavy (non-hydrogen) atoms. The Kier molecular flexibility index (Phi) is 14.8. The molecule has 0 saturated heterocycles. The Morgan fingerprint density at radius 3 is 1.70 bits per heavy atom. The molecule has 0 aromatic heterocycles. The molecule has 0 spiro atoms. The summed E-state index contributed by atoms with van der Waals surface area (Å²) >= 11 is 0. The Morgan fingerprint density at radius 1 is 1.20 bits per heavy atom. The van der Waals surface area contributed by atoms with Crippen molar-refractivity contribution in [3.63, 3.8) is 0 Å². The van der Waals surface area contributed by atoms with Gasteiger partial charge in [0, 0.05) is 0 Å². The van der Waals surface area contributed by atoms with E-state index in [0.29, 0.717) is 0 Å². The molecule has 0 nitrogen and oxygen atoms in total. The van der Waals surface area contributed by atoms with Gasteiger partial charge >= 0.3 is 23.1 Å². The molecule has 50 valence electrons. The second-order valence-corrected chi connectivity index (χ2v) is 1.58. The van der Waals surface area contributed by atoms with Crippen molar-refractivity contribution in [1.29, 1.82) is 0 Å². The van der Waals surface area contributed by atoms with Crippen LogP contribution in [0.25, 0.3) is 0 Å². The Balaban J connectivity index is 0. The fraction of sp³-hybridized carbons (Fsp3) is 0.222. The average Bonchev–Trinajstić information content (AvgIpc) is 1.93. The predicted octanol–water partition coefficient (Wildman–Crippen LogP) is 2.34. The van der Waals surface area contributed by atoms with Crippen LogP contribution in [0, 0.1) is 13.0 Å². The zero-order valence-electron chi connectivity index (χ0n) is 6.51. The fourth-order valence-electron chi connectivity index (χ4n) is 0.342. The van der Waals surface area contributed by atoms with Crippen molar-refractivity contribution in [1.82, 2.24) is 0 Å². The third-order valence-corrected chi connectivity index (χ3v) is 0.607. The maximum absolute atomic E-state index is 3.49. The van der Waals surface area contributed by atoms with Crippen LogP contribution in [0.3, 0.4) is 0 Å². The summed E-state index contributed by atoms with van der Waals surface area (Å²) in [6, 6.07) is 12.5. The quantitative estimate of drug-likeness (QED) is 0.387. The van der Waals surface area contributed by atoms with Crippen molar-refractivity contribution < 1.29 is 0 Å². The van der Waals surface area contributed by atoms with Gasteiger partial charge in [-0.3, -0.25) is 0 Å². The first-order valence-corrected chi connectivity index (χ1v) is 3.12. The van der Waals surface area contributed by atoms with Crippen molar-refractivity contribution in [2.45, 2.75) is 13.3 Å². The molecule has 1 aromatic rings. The first kappa shape index (κ1) is 12.6.